The number of nitrogens with zero attached hydrogens (tertiary/aromatic N) is 1. The van der Waals surface area contributed by atoms with E-state index in [1.807, 2.05) is 49.4 Å². The zero-order valence-electron chi connectivity index (χ0n) is 14.6. The SMILES string of the molecule is CCOc1cc(/C=C(\C#N)C(=O)NCc2ccccc2)cc(I)c1OC. The quantitative estimate of drug-likeness (QED) is 0.385. The smallest absolute Gasteiger partial charge is 0.262 e. The Labute approximate surface area is 166 Å². The van der Waals surface area contributed by atoms with Crippen molar-refractivity contribution in [3.05, 3.63) is 62.7 Å². The zero-order valence-corrected chi connectivity index (χ0v) is 16.7. The van der Waals surface area contributed by atoms with Crippen LogP contribution in [-0.2, 0) is 11.3 Å². The number of nitrogens with one attached hydrogen (secondary N) is 1. The summed E-state index contributed by atoms with van der Waals surface area (Å²) in [5, 5.41) is 12.1. The number of ether oxygens (including phenoxy) is 2. The Hall–Kier alpha value is -2.53. The fraction of sp³-hybridized carbons (Fsp3) is 0.200. The number of carbonyl (C=O) groups is 1. The molecule has 0 saturated heterocycles. The second-order valence-electron chi connectivity index (χ2n) is 5.31. The molecule has 2 aromatic rings. The van der Waals surface area contributed by atoms with E-state index in [0.717, 1.165) is 9.13 Å². The first-order valence-corrected chi connectivity index (χ1v) is 9.11. The third-order valence-electron chi connectivity index (χ3n) is 3.51. The summed E-state index contributed by atoms with van der Waals surface area (Å²) in [6.07, 6.45) is 1.55. The number of rotatable bonds is 7. The first kappa shape index (κ1) is 19.8. The molecule has 0 aromatic heterocycles. The van der Waals surface area contributed by atoms with Gasteiger partial charge in [-0.25, -0.2) is 0 Å². The molecule has 0 saturated carbocycles. The summed E-state index contributed by atoms with van der Waals surface area (Å²) in [6, 6.07) is 15.1. The van der Waals surface area contributed by atoms with Crippen LogP contribution in [0.1, 0.15) is 18.1 Å². The van der Waals surface area contributed by atoms with Gasteiger partial charge in [0.05, 0.1) is 17.3 Å². The van der Waals surface area contributed by atoms with Gasteiger partial charge in [-0.15, -0.1) is 0 Å². The summed E-state index contributed by atoms with van der Waals surface area (Å²) in [4.78, 5) is 12.3. The number of methoxy groups -OCH3 is 1. The number of benzene rings is 2. The first-order chi connectivity index (χ1) is 12.6. The van der Waals surface area contributed by atoms with Crippen molar-refractivity contribution < 1.29 is 14.3 Å². The van der Waals surface area contributed by atoms with Crippen LogP contribution in [0.3, 0.4) is 0 Å². The zero-order chi connectivity index (χ0) is 18.9. The van der Waals surface area contributed by atoms with Gasteiger partial charge in [0.1, 0.15) is 11.6 Å². The van der Waals surface area contributed by atoms with E-state index in [1.54, 1.807) is 19.3 Å². The van der Waals surface area contributed by atoms with Gasteiger partial charge in [-0.3, -0.25) is 4.79 Å². The number of carbonyl (C=O) groups excluding carboxylic acids is 1. The largest absolute Gasteiger partial charge is 0.492 e. The molecule has 1 amide bonds. The van der Waals surface area contributed by atoms with Crippen molar-refractivity contribution in [2.24, 2.45) is 0 Å². The van der Waals surface area contributed by atoms with Gasteiger partial charge in [-0.05, 0) is 58.9 Å². The topological polar surface area (TPSA) is 71.3 Å². The van der Waals surface area contributed by atoms with E-state index in [1.165, 1.54) is 0 Å². The van der Waals surface area contributed by atoms with Gasteiger partial charge in [0.25, 0.3) is 5.91 Å². The molecule has 2 rings (SSSR count). The lowest BCUT2D eigenvalue weighted by atomic mass is 10.1. The van der Waals surface area contributed by atoms with Crippen molar-refractivity contribution in [1.82, 2.24) is 5.32 Å². The molecule has 0 fully saturated rings. The molecule has 0 spiro atoms. The number of nitriles is 1. The lowest BCUT2D eigenvalue weighted by Gasteiger charge is -2.12. The van der Waals surface area contributed by atoms with E-state index >= 15 is 0 Å². The highest BCUT2D eigenvalue weighted by molar-refractivity contribution is 14.1. The summed E-state index contributed by atoms with van der Waals surface area (Å²) >= 11 is 2.13. The second kappa shape index (κ2) is 9.82. The molecule has 26 heavy (non-hydrogen) atoms. The Morgan fingerprint density at radius 2 is 2.04 bits per heavy atom. The molecule has 0 atom stereocenters. The van der Waals surface area contributed by atoms with E-state index in [9.17, 15) is 10.1 Å². The van der Waals surface area contributed by atoms with Gasteiger partial charge < -0.3 is 14.8 Å². The standard InChI is InChI=1S/C20H19IN2O3/c1-3-26-18-11-15(10-17(21)19(18)25-2)9-16(12-22)20(24)23-13-14-7-5-4-6-8-14/h4-11H,3,13H2,1-2H3,(H,23,24)/b16-9+. The van der Waals surface area contributed by atoms with E-state index in [0.29, 0.717) is 30.2 Å². The summed E-state index contributed by atoms with van der Waals surface area (Å²) < 4.78 is 11.8. The highest BCUT2D eigenvalue weighted by Gasteiger charge is 2.13. The lowest BCUT2D eigenvalue weighted by Crippen LogP contribution is -2.23. The third-order valence-corrected chi connectivity index (χ3v) is 4.31. The van der Waals surface area contributed by atoms with Crippen molar-refractivity contribution >= 4 is 34.6 Å². The molecular formula is C20H19IN2O3. The van der Waals surface area contributed by atoms with Crippen LogP contribution in [-0.4, -0.2) is 19.6 Å². The third kappa shape index (κ3) is 5.23. The number of halogens is 1. The minimum absolute atomic E-state index is 0.0318. The van der Waals surface area contributed by atoms with Crippen molar-refractivity contribution in [2.75, 3.05) is 13.7 Å². The predicted octanol–water partition coefficient (Wildman–Crippen LogP) is 3.92. The van der Waals surface area contributed by atoms with Crippen LogP contribution in [0.25, 0.3) is 6.08 Å². The Morgan fingerprint density at radius 3 is 2.65 bits per heavy atom. The summed E-state index contributed by atoms with van der Waals surface area (Å²) in [6.45, 7) is 2.73. The van der Waals surface area contributed by atoms with Crippen LogP contribution >= 0.6 is 22.6 Å². The van der Waals surface area contributed by atoms with Crippen LogP contribution in [0.15, 0.2) is 48.0 Å². The molecule has 0 aliphatic carbocycles. The molecule has 0 aliphatic rings. The second-order valence-corrected chi connectivity index (χ2v) is 6.47. The number of hydrogen-bond acceptors (Lipinski definition) is 4. The van der Waals surface area contributed by atoms with Gasteiger partial charge in [0.15, 0.2) is 11.5 Å². The molecule has 134 valence electrons. The molecule has 0 heterocycles. The fourth-order valence-corrected chi connectivity index (χ4v) is 3.17. The monoisotopic (exact) mass is 462 g/mol. The first-order valence-electron chi connectivity index (χ1n) is 8.03. The summed E-state index contributed by atoms with van der Waals surface area (Å²) in [5.41, 5.74) is 1.70. The van der Waals surface area contributed by atoms with Crippen LogP contribution in [0.5, 0.6) is 11.5 Å². The average Bonchev–Trinajstić information content (AvgIpc) is 2.65. The van der Waals surface area contributed by atoms with Crippen LogP contribution in [0.4, 0.5) is 0 Å². The Kier molecular flexibility index (Phi) is 7.48. The fourth-order valence-electron chi connectivity index (χ4n) is 2.32. The minimum atomic E-state index is -0.417. The molecular weight excluding hydrogens is 443 g/mol. The molecule has 0 radical (unpaired) electrons. The Balaban J connectivity index is 2.22. The molecule has 2 aromatic carbocycles. The average molecular weight is 462 g/mol. The molecule has 5 nitrogen and oxygen atoms in total. The van der Waals surface area contributed by atoms with Gasteiger partial charge in [-0.1, -0.05) is 30.3 Å². The van der Waals surface area contributed by atoms with Gasteiger partial charge in [0, 0.05) is 6.54 Å². The highest BCUT2D eigenvalue weighted by Crippen LogP contribution is 2.34. The maximum atomic E-state index is 12.3. The van der Waals surface area contributed by atoms with Gasteiger partial charge in [0.2, 0.25) is 0 Å². The van der Waals surface area contributed by atoms with Crippen LogP contribution in [0, 0.1) is 14.9 Å². The van der Waals surface area contributed by atoms with Gasteiger partial charge >= 0.3 is 0 Å². The van der Waals surface area contributed by atoms with Crippen molar-refractivity contribution in [2.45, 2.75) is 13.5 Å². The molecule has 0 aliphatic heterocycles. The normalized spacial score (nSPS) is 10.8. The van der Waals surface area contributed by atoms with Gasteiger partial charge in [-0.2, -0.15) is 5.26 Å². The van der Waals surface area contributed by atoms with Crippen molar-refractivity contribution in [3.63, 3.8) is 0 Å². The van der Waals surface area contributed by atoms with Crippen LogP contribution < -0.4 is 14.8 Å². The maximum absolute atomic E-state index is 12.3. The van der Waals surface area contributed by atoms with Crippen molar-refractivity contribution in [1.29, 1.82) is 5.26 Å². The Bertz CT molecular complexity index is 842. The highest BCUT2D eigenvalue weighted by atomic mass is 127. The molecule has 0 unspecified atom stereocenters. The van der Waals surface area contributed by atoms with E-state index in [2.05, 4.69) is 27.9 Å². The Morgan fingerprint density at radius 1 is 1.31 bits per heavy atom. The minimum Gasteiger partial charge on any atom is -0.492 e. The summed E-state index contributed by atoms with van der Waals surface area (Å²) in [5.74, 6) is 0.798. The van der Waals surface area contributed by atoms with E-state index in [-0.39, 0.29) is 5.57 Å². The number of amides is 1. The van der Waals surface area contributed by atoms with E-state index < -0.39 is 5.91 Å². The maximum Gasteiger partial charge on any atom is 0.262 e. The lowest BCUT2D eigenvalue weighted by molar-refractivity contribution is -0.117. The van der Waals surface area contributed by atoms with E-state index in [4.69, 9.17) is 9.47 Å². The predicted molar refractivity (Wildman–Crippen MR) is 109 cm³/mol. The van der Waals surface area contributed by atoms with Crippen LogP contribution in [0.2, 0.25) is 0 Å². The molecule has 6 heteroatoms. The molecule has 1 N–H and O–H groups in total. The molecule has 0 bridgehead atoms. The summed E-state index contributed by atoms with van der Waals surface area (Å²) in [7, 11) is 1.58. The number of hydrogen-bond donors (Lipinski definition) is 1. The van der Waals surface area contributed by atoms with Crippen molar-refractivity contribution in [3.8, 4) is 17.6 Å².